The van der Waals surface area contributed by atoms with Gasteiger partial charge in [0.1, 0.15) is 6.54 Å². The van der Waals surface area contributed by atoms with Crippen molar-refractivity contribution in [3.63, 3.8) is 0 Å². The average Bonchev–Trinajstić information content (AvgIpc) is 3.05. The number of halogens is 1. The van der Waals surface area contributed by atoms with Gasteiger partial charge in [-0.15, -0.1) is 0 Å². The Morgan fingerprint density at radius 1 is 0.348 bits per heavy atom. The minimum atomic E-state index is 0. The standard InChI is InChI=1S/C44H84N.ClH/c1-4-6-8-10-12-14-16-18-20-22-24-26-28-30-32-37-41-45(3,43-44-39-35-34-36-40-44)42-38-33-31-29-27-25-23-21-19-17-15-13-11-9-7-5-2;/h34-36,39-40H,4-33,37-38,41-43H2,1-3H3;1H/q+1;/p-1. The number of unbranched alkanes of at least 4 members (excludes halogenated alkanes) is 30. The molecule has 0 aliphatic carbocycles. The molecule has 0 fully saturated rings. The third-order valence-electron chi connectivity index (χ3n) is 10.5. The molecule has 46 heavy (non-hydrogen) atoms. The van der Waals surface area contributed by atoms with Crippen molar-refractivity contribution < 1.29 is 16.9 Å². The Morgan fingerprint density at radius 2 is 0.587 bits per heavy atom. The minimum absolute atomic E-state index is 0. The first-order valence-corrected chi connectivity index (χ1v) is 21.1. The van der Waals surface area contributed by atoms with Gasteiger partial charge in [-0.05, 0) is 25.7 Å². The van der Waals surface area contributed by atoms with E-state index in [4.69, 9.17) is 0 Å². The lowest BCUT2D eigenvalue weighted by atomic mass is 10.0. The van der Waals surface area contributed by atoms with E-state index in [0.29, 0.717) is 0 Å². The summed E-state index contributed by atoms with van der Waals surface area (Å²) >= 11 is 0. The Balaban J connectivity index is 0.0000202. The van der Waals surface area contributed by atoms with Gasteiger partial charge in [0.2, 0.25) is 0 Å². The fraction of sp³-hybridized carbons (Fsp3) is 0.864. The molecule has 0 atom stereocenters. The van der Waals surface area contributed by atoms with E-state index in [1.807, 2.05) is 0 Å². The van der Waals surface area contributed by atoms with Crippen LogP contribution in [0.5, 0.6) is 0 Å². The molecule has 0 bridgehead atoms. The predicted octanol–water partition coefficient (Wildman–Crippen LogP) is 12.2. The average molecular weight is 663 g/mol. The second kappa shape index (κ2) is 35.8. The van der Waals surface area contributed by atoms with Gasteiger partial charge in [0.25, 0.3) is 0 Å². The number of hydrogen-bond acceptors (Lipinski definition) is 0. The van der Waals surface area contributed by atoms with Crippen LogP contribution < -0.4 is 12.4 Å². The first kappa shape index (κ1) is 45.5. The number of nitrogens with zero attached hydrogens (tertiary/aromatic N) is 1. The van der Waals surface area contributed by atoms with Crippen molar-refractivity contribution in [2.45, 2.75) is 226 Å². The first-order chi connectivity index (χ1) is 22.2. The van der Waals surface area contributed by atoms with Crippen molar-refractivity contribution >= 4 is 0 Å². The Morgan fingerprint density at radius 3 is 0.848 bits per heavy atom. The van der Waals surface area contributed by atoms with E-state index >= 15 is 0 Å². The summed E-state index contributed by atoms with van der Waals surface area (Å²) in [5.74, 6) is 0. The number of benzene rings is 1. The van der Waals surface area contributed by atoms with E-state index in [0.717, 1.165) is 0 Å². The lowest BCUT2D eigenvalue weighted by molar-refractivity contribution is -0.923. The molecule has 0 N–H and O–H groups in total. The van der Waals surface area contributed by atoms with Crippen LogP contribution in [0.1, 0.15) is 225 Å². The molecule has 272 valence electrons. The fourth-order valence-electron chi connectivity index (χ4n) is 7.38. The Bertz CT molecular complexity index is 652. The maximum atomic E-state index is 2.55. The van der Waals surface area contributed by atoms with E-state index in [2.05, 4.69) is 51.2 Å². The summed E-state index contributed by atoms with van der Waals surface area (Å²) in [4.78, 5) is 0. The fourth-order valence-corrected chi connectivity index (χ4v) is 7.38. The molecule has 0 saturated heterocycles. The van der Waals surface area contributed by atoms with Crippen LogP contribution in [0.25, 0.3) is 0 Å². The van der Waals surface area contributed by atoms with Crippen molar-refractivity contribution in [1.82, 2.24) is 0 Å². The SMILES string of the molecule is CCCCCCCCCCCCCCCCCC[N+](C)(CCCCCCCCCCCCCCCCCC)Cc1ccccc1.[Cl-]. The third kappa shape index (κ3) is 30.8. The van der Waals surface area contributed by atoms with Crippen LogP contribution in [0, 0.1) is 0 Å². The topological polar surface area (TPSA) is 0 Å². The van der Waals surface area contributed by atoms with E-state index in [9.17, 15) is 0 Å². The smallest absolute Gasteiger partial charge is 0.104 e. The highest BCUT2D eigenvalue weighted by Gasteiger charge is 2.21. The molecule has 0 aliphatic rings. The highest BCUT2D eigenvalue weighted by Crippen LogP contribution is 2.19. The molecule has 0 radical (unpaired) electrons. The number of quaternary nitrogens is 1. The number of hydrogen-bond donors (Lipinski definition) is 0. The zero-order valence-electron chi connectivity index (χ0n) is 32.0. The Labute approximate surface area is 297 Å². The van der Waals surface area contributed by atoms with E-state index in [1.165, 1.54) is 235 Å². The van der Waals surface area contributed by atoms with E-state index < -0.39 is 0 Å². The maximum Gasteiger partial charge on any atom is 0.104 e. The molecule has 1 aromatic rings. The predicted molar refractivity (Wildman–Crippen MR) is 205 cm³/mol. The summed E-state index contributed by atoms with van der Waals surface area (Å²) in [5.41, 5.74) is 1.52. The van der Waals surface area contributed by atoms with Crippen LogP contribution in [0.2, 0.25) is 0 Å². The van der Waals surface area contributed by atoms with Gasteiger partial charge in [-0.1, -0.05) is 224 Å². The molecular weight excluding hydrogens is 578 g/mol. The zero-order valence-corrected chi connectivity index (χ0v) is 32.7. The zero-order chi connectivity index (χ0) is 32.4. The summed E-state index contributed by atoms with van der Waals surface area (Å²) in [6.45, 7) is 8.53. The van der Waals surface area contributed by atoms with Gasteiger partial charge in [-0.3, -0.25) is 0 Å². The monoisotopic (exact) mass is 662 g/mol. The highest BCUT2D eigenvalue weighted by molar-refractivity contribution is 5.13. The van der Waals surface area contributed by atoms with Crippen LogP contribution in [-0.4, -0.2) is 24.6 Å². The highest BCUT2D eigenvalue weighted by atomic mass is 35.5. The van der Waals surface area contributed by atoms with Crippen LogP contribution >= 0.6 is 0 Å². The molecule has 2 heteroatoms. The van der Waals surface area contributed by atoms with Crippen LogP contribution in [0.4, 0.5) is 0 Å². The molecule has 0 heterocycles. The van der Waals surface area contributed by atoms with Gasteiger partial charge in [0, 0.05) is 5.56 Å². The molecule has 0 spiro atoms. The molecule has 0 aromatic heterocycles. The largest absolute Gasteiger partial charge is 1.00 e. The lowest BCUT2D eigenvalue weighted by Gasteiger charge is -2.35. The van der Waals surface area contributed by atoms with Gasteiger partial charge in [0.05, 0.1) is 20.1 Å². The van der Waals surface area contributed by atoms with Gasteiger partial charge >= 0.3 is 0 Å². The molecule has 0 saturated carbocycles. The van der Waals surface area contributed by atoms with Crippen LogP contribution in [0.3, 0.4) is 0 Å². The molecule has 0 amide bonds. The normalized spacial score (nSPS) is 11.6. The van der Waals surface area contributed by atoms with Crippen LogP contribution in [-0.2, 0) is 6.54 Å². The van der Waals surface area contributed by atoms with Crippen molar-refractivity contribution in [3.8, 4) is 0 Å². The van der Waals surface area contributed by atoms with E-state index in [1.54, 1.807) is 0 Å². The Kier molecular flexibility index (Phi) is 35.4. The number of rotatable bonds is 36. The summed E-state index contributed by atoms with van der Waals surface area (Å²) in [5, 5.41) is 0. The molecule has 0 aliphatic heterocycles. The summed E-state index contributed by atoms with van der Waals surface area (Å²) < 4.78 is 1.24. The second-order valence-electron chi connectivity index (χ2n) is 15.3. The van der Waals surface area contributed by atoms with Gasteiger partial charge in [-0.2, -0.15) is 0 Å². The van der Waals surface area contributed by atoms with Crippen molar-refractivity contribution in [2.24, 2.45) is 0 Å². The van der Waals surface area contributed by atoms with Crippen molar-refractivity contribution in [1.29, 1.82) is 0 Å². The first-order valence-electron chi connectivity index (χ1n) is 21.1. The van der Waals surface area contributed by atoms with Gasteiger partial charge < -0.3 is 16.9 Å². The van der Waals surface area contributed by atoms with E-state index in [-0.39, 0.29) is 12.4 Å². The van der Waals surface area contributed by atoms with Crippen molar-refractivity contribution in [2.75, 3.05) is 20.1 Å². The lowest BCUT2D eigenvalue weighted by Crippen LogP contribution is -3.00. The molecule has 1 nitrogen and oxygen atoms in total. The van der Waals surface area contributed by atoms with Gasteiger partial charge in [0.15, 0.2) is 0 Å². The minimum Gasteiger partial charge on any atom is -1.00 e. The molecular formula is C44H84ClN. The van der Waals surface area contributed by atoms with Crippen molar-refractivity contribution in [3.05, 3.63) is 35.9 Å². The van der Waals surface area contributed by atoms with Gasteiger partial charge in [-0.25, -0.2) is 0 Å². The second-order valence-corrected chi connectivity index (χ2v) is 15.3. The van der Waals surface area contributed by atoms with Crippen LogP contribution in [0.15, 0.2) is 30.3 Å². The third-order valence-corrected chi connectivity index (χ3v) is 10.5. The Hall–Kier alpha value is -0.530. The quantitative estimate of drug-likeness (QED) is 0.0496. The molecule has 1 rings (SSSR count). The molecule has 1 aromatic carbocycles. The summed E-state index contributed by atoms with van der Waals surface area (Å²) in [7, 11) is 2.55. The maximum absolute atomic E-state index is 2.55. The summed E-state index contributed by atoms with van der Waals surface area (Å²) in [6.07, 6.45) is 46.5. The molecule has 0 unspecified atom stereocenters. The summed E-state index contributed by atoms with van der Waals surface area (Å²) in [6, 6.07) is 11.3.